The Morgan fingerprint density at radius 2 is 2.16 bits per heavy atom. The number of nitrogens with zero attached hydrogens (tertiary/aromatic N) is 1. The Balaban J connectivity index is 2.08. The van der Waals surface area contributed by atoms with E-state index in [1.165, 1.54) is 0 Å². The summed E-state index contributed by atoms with van der Waals surface area (Å²) >= 11 is 0. The smallest absolute Gasteiger partial charge is 0.425 e. The maximum atomic E-state index is 13.1. The zero-order chi connectivity index (χ0) is 14.0. The lowest BCUT2D eigenvalue weighted by Gasteiger charge is -2.18. The highest BCUT2D eigenvalue weighted by Crippen LogP contribution is 2.27. The van der Waals surface area contributed by atoms with Gasteiger partial charge in [0, 0.05) is 18.2 Å². The van der Waals surface area contributed by atoms with Crippen LogP contribution in [-0.4, -0.2) is 23.3 Å². The highest BCUT2D eigenvalue weighted by Gasteiger charge is 2.38. The zero-order valence-corrected chi connectivity index (χ0v) is 10.3. The van der Waals surface area contributed by atoms with Crippen molar-refractivity contribution in [1.82, 2.24) is 10.3 Å². The summed E-state index contributed by atoms with van der Waals surface area (Å²) in [6.45, 7) is 1.14. The average Bonchev–Trinajstić information content (AvgIpc) is 3.12. The Kier molecular flexibility index (Phi) is 3.93. The summed E-state index contributed by atoms with van der Waals surface area (Å²) in [5.74, 6) is -0.779. The maximum absolute atomic E-state index is 13.1. The molecule has 1 fully saturated rings. The number of rotatable bonds is 5. The molecule has 1 aromatic rings. The fourth-order valence-electron chi connectivity index (χ4n) is 1.48. The summed E-state index contributed by atoms with van der Waals surface area (Å²) in [7, 11) is 0. The molecule has 0 bridgehead atoms. The van der Waals surface area contributed by atoms with Crippen LogP contribution in [0.15, 0.2) is 12.3 Å². The molecule has 3 nitrogen and oxygen atoms in total. The molecule has 0 aromatic carbocycles. The fourth-order valence-corrected chi connectivity index (χ4v) is 1.48. The first-order valence-electron chi connectivity index (χ1n) is 5.97. The van der Waals surface area contributed by atoms with Crippen LogP contribution in [0.3, 0.4) is 0 Å². The Morgan fingerprint density at radius 1 is 1.47 bits per heavy atom. The summed E-state index contributed by atoms with van der Waals surface area (Å²) in [6, 6.07) is 1.50. The number of nitrogens with one attached hydrogen (secondary N) is 1. The first-order chi connectivity index (χ1) is 8.86. The molecule has 0 amide bonds. The van der Waals surface area contributed by atoms with Crippen LogP contribution in [0.25, 0.3) is 0 Å². The Labute approximate surface area is 108 Å². The van der Waals surface area contributed by atoms with Gasteiger partial charge in [-0.25, -0.2) is 9.37 Å². The summed E-state index contributed by atoms with van der Waals surface area (Å²) in [5, 5.41) is 3.08. The summed E-state index contributed by atoms with van der Waals surface area (Å²) in [6.07, 6.45) is -3.56. The second-order valence-corrected chi connectivity index (χ2v) is 4.57. The molecule has 19 heavy (non-hydrogen) atoms. The van der Waals surface area contributed by atoms with Crippen LogP contribution in [0, 0.1) is 5.82 Å². The number of halogens is 4. The van der Waals surface area contributed by atoms with E-state index in [0.717, 1.165) is 32.0 Å². The van der Waals surface area contributed by atoms with E-state index in [-0.39, 0.29) is 12.4 Å². The van der Waals surface area contributed by atoms with Gasteiger partial charge < -0.3 is 10.1 Å². The minimum absolute atomic E-state index is 0.181. The number of hydrogen-bond donors (Lipinski definition) is 1. The van der Waals surface area contributed by atoms with E-state index in [9.17, 15) is 17.6 Å². The maximum Gasteiger partial charge on any atom is 0.425 e. The van der Waals surface area contributed by atoms with E-state index >= 15 is 0 Å². The Morgan fingerprint density at radius 3 is 2.74 bits per heavy atom. The number of pyridine rings is 1. The fraction of sp³-hybridized carbons (Fsp3) is 0.583. The van der Waals surface area contributed by atoms with Gasteiger partial charge in [0.25, 0.3) is 0 Å². The molecule has 1 saturated carbocycles. The summed E-state index contributed by atoms with van der Waals surface area (Å²) in [4.78, 5) is 3.59. The molecule has 1 aliphatic carbocycles. The van der Waals surface area contributed by atoms with Crippen LogP contribution >= 0.6 is 0 Å². The number of aromatic nitrogens is 1. The zero-order valence-electron chi connectivity index (χ0n) is 10.3. The van der Waals surface area contributed by atoms with Gasteiger partial charge in [-0.05, 0) is 25.8 Å². The van der Waals surface area contributed by atoms with Gasteiger partial charge in [-0.3, -0.25) is 0 Å². The van der Waals surface area contributed by atoms with Gasteiger partial charge in [0.2, 0.25) is 5.88 Å². The predicted molar refractivity (Wildman–Crippen MR) is 60.2 cm³/mol. The Bertz CT molecular complexity index is 446. The predicted octanol–water partition coefficient (Wildman–Crippen LogP) is 2.80. The number of ether oxygens (including phenoxy) is 1. The third kappa shape index (κ3) is 4.05. The Hall–Kier alpha value is -1.37. The molecule has 7 heteroatoms. The van der Waals surface area contributed by atoms with Crippen molar-refractivity contribution in [2.24, 2.45) is 0 Å². The lowest BCUT2D eigenvalue weighted by Crippen LogP contribution is -2.32. The monoisotopic (exact) mass is 278 g/mol. The molecule has 0 radical (unpaired) electrons. The molecule has 1 aromatic heterocycles. The molecule has 1 N–H and O–H groups in total. The topological polar surface area (TPSA) is 34.1 Å². The molecular formula is C12H14F4N2O. The van der Waals surface area contributed by atoms with Gasteiger partial charge >= 0.3 is 6.18 Å². The van der Waals surface area contributed by atoms with Crippen molar-refractivity contribution in [2.45, 2.75) is 44.6 Å². The van der Waals surface area contributed by atoms with Crippen molar-refractivity contribution in [3.05, 3.63) is 23.6 Å². The molecular weight excluding hydrogens is 264 g/mol. The van der Waals surface area contributed by atoms with Gasteiger partial charge in [0.1, 0.15) is 5.82 Å². The molecule has 0 aliphatic heterocycles. The minimum Gasteiger partial charge on any atom is -0.465 e. The third-order valence-electron chi connectivity index (χ3n) is 2.80. The van der Waals surface area contributed by atoms with Crippen molar-refractivity contribution < 1.29 is 22.3 Å². The molecule has 0 spiro atoms. The summed E-state index contributed by atoms with van der Waals surface area (Å²) < 4.78 is 55.1. The van der Waals surface area contributed by atoms with Gasteiger partial charge in [0.15, 0.2) is 6.10 Å². The van der Waals surface area contributed by atoms with Gasteiger partial charge in [-0.15, -0.1) is 0 Å². The van der Waals surface area contributed by atoms with E-state index < -0.39 is 18.1 Å². The first kappa shape index (κ1) is 14.0. The second kappa shape index (κ2) is 5.32. The standard InChI is InChI=1S/C12H14F4N2O/c1-7(12(14,15)16)19-11-8(4-9(13)6-18-11)5-17-10-2-3-10/h4,6-7,10,17H,2-3,5H2,1H3. The lowest BCUT2D eigenvalue weighted by atomic mass is 10.2. The number of hydrogen-bond acceptors (Lipinski definition) is 3. The third-order valence-corrected chi connectivity index (χ3v) is 2.80. The van der Waals surface area contributed by atoms with E-state index in [4.69, 9.17) is 4.74 Å². The average molecular weight is 278 g/mol. The van der Waals surface area contributed by atoms with Crippen molar-refractivity contribution in [1.29, 1.82) is 0 Å². The molecule has 1 heterocycles. The van der Waals surface area contributed by atoms with Crippen LogP contribution in [0.1, 0.15) is 25.3 Å². The summed E-state index contributed by atoms with van der Waals surface area (Å²) in [5.41, 5.74) is 0.294. The first-order valence-corrected chi connectivity index (χ1v) is 5.97. The second-order valence-electron chi connectivity index (χ2n) is 4.57. The van der Waals surface area contributed by atoms with Gasteiger partial charge in [0.05, 0.1) is 6.20 Å². The van der Waals surface area contributed by atoms with E-state index in [0.29, 0.717) is 11.6 Å². The molecule has 106 valence electrons. The van der Waals surface area contributed by atoms with Crippen molar-refractivity contribution in [3.63, 3.8) is 0 Å². The quantitative estimate of drug-likeness (QED) is 0.841. The molecule has 0 saturated heterocycles. The van der Waals surface area contributed by atoms with Crippen LogP contribution in [-0.2, 0) is 6.54 Å². The van der Waals surface area contributed by atoms with Crippen LogP contribution in [0.2, 0.25) is 0 Å². The van der Waals surface area contributed by atoms with Gasteiger partial charge in [-0.2, -0.15) is 13.2 Å². The normalized spacial score (nSPS) is 17.3. The molecule has 1 unspecified atom stereocenters. The van der Waals surface area contributed by atoms with Crippen LogP contribution in [0.4, 0.5) is 17.6 Å². The van der Waals surface area contributed by atoms with Gasteiger partial charge in [-0.1, -0.05) is 0 Å². The molecule has 1 aliphatic rings. The lowest BCUT2D eigenvalue weighted by molar-refractivity contribution is -0.190. The SMILES string of the molecule is CC(Oc1ncc(F)cc1CNC1CC1)C(F)(F)F. The molecule has 1 atom stereocenters. The van der Waals surface area contributed by atoms with E-state index in [2.05, 4.69) is 10.3 Å². The van der Waals surface area contributed by atoms with Crippen molar-refractivity contribution in [3.8, 4) is 5.88 Å². The number of alkyl halides is 3. The van der Waals surface area contributed by atoms with Crippen LogP contribution in [0.5, 0.6) is 5.88 Å². The van der Waals surface area contributed by atoms with E-state index in [1.54, 1.807) is 0 Å². The van der Waals surface area contributed by atoms with E-state index in [1.807, 2.05) is 0 Å². The van der Waals surface area contributed by atoms with Crippen LogP contribution < -0.4 is 10.1 Å². The highest BCUT2D eigenvalue weighted by molar-refractivity contribution is 5.26. The van der Waals surface area contributed by atoms with Crippen molar-refractivity contribution in [2.75, 3.05) is 0 Å². The highest BCUT2D eigenvalue weighted by atomic mass is 19.4. The molecule has 2 rings (SSSR count). The van der Waals surface area contributed by atoms with Crippen molar-refractivity contribution >= 4 is 0 Å². The minimum atomic E-state index is -4.47. The largest absolute Gasteiger partial charge is 0.465 e.